The smallest absolute Gasteiger partial charge is 0.322 e. The van der Waals surface area contributed by atoms with Crippen LogP contribution in [-0.4, -0.2) is 26.9 Å². The number of thiazole rings is 1. The van der Waals surface area contributed by atoms with Crippen LogP contribution in [0.2, 0.25) is 0 Å². The molecule has 0 aliphatic heterocycles. The monoisotopic (exact) mass is 520 g/mol. The van der Waals surface area contributed by atoms with E-state index in [1.165, 1.54) is 10.8 Å². The predicted molar refractivity (Wildman–Crippen MR) is 154 cm³/mol. The average molecular weight is 521 g/mol. The van der Waals surface area contributed by atoms with Crippen molar-refractivity contribution in [3.05, 3.63) is 113 Å². The second-order valence-electron chi connectivity index (χ2n) is 9.52. The van der Waals surface area contributed by atoms with Crippen LogP contribution in [0.1, 0.15) is 22.6 Å². The summed E-state index contributed by atoms with van der Waals surface area (Å²) in [4.78, 5) is 21.0. The molecule has 0 aliphatic carbocycles. The van der Waals surface area contributed by atoms with Crippen LogP contribution >= 0.6 is 11.3 Å². The third kappa shape index (κ3) is 4.80. The Labute approximate surface area is 225 Å². The molecule has 3 heterocycles. The van der Waals surface area contributed by atoms with Crippen LogP contribution in [0.4, 0.5) is 10.5 Å². The van der Waals surface area contributed by atoms with Gasteiger partial charge in [0.15, 0.2) is 4.96 Å². The van der Waals surface area contributed by atoms with Gasteiger partial charge in [0.1, 0.15) is 5.76 Å². The van der Waals surface area contributed by atoms with Gasteiger partial charge < -0.3 is 14.6 Å². The van der Waals surface area contributed by atoms with E-state index in [9.17, 15) is 4.79 Å². The molecule has 0 bridgehead atoms. The summed E-state index contributed by atoms with van der Waals surface area (Å²) >= 11 is 1.62. The summed E-state index contributed by atoms with van der Waals surface area (Å²) in [6, 6.07) is 24.4. The number of nitrogens with one attached hydrogen (secondary N) is 1. The normalized spacial score (nSPS) is 11.3. The molecule has 0 radical (unpaired) electrons. The third-order valence-electron chi connectivity index (χ3n) is 6.89. The van der Waals surface area contributed by atoms with Crippen LogP contribution in [0.5, 0.6) is 0 Å². The van der Waals surface area contributed by atoms with Crippen molar-refractivity contribution in [2.24, 2.45) is 0 Å². The number of para-hydroxylation sites is 1. The zero-order valence-electron chi connectivity index (χ0n) is 21.3. The van der Waals surface area contributed by atoms with E-state index in [4.69, 9.17) is 9.40 Å². The summed E-state index contributed by atoms with van der Waals surface area (Å²) in [6.07, 6.45) is 4.42. The number of hydrogen-bond acceptors (Lipinski definition) is 4. The van der Waals surface area contributed by atoms with Gasteiger partial charge in [-0.1, -0.05) is 54.6 Å². The van der Waals surface area contributed by atoms with Gasteiger partial charge in [-0.2, -0.15) is 0 Å². The molecule has 3 aromatic carbocycles. The van der Waals surface area contributed by atoms with Crippen molar-refractivity contribution in [1.29, 1.82) is 0 Å². The lowest BCUT2D eigenvalue weighted by molar-refractivity contribution is 0.204. The summed E-state index contributed by atoms with van der Waals surface area (Å²) in [7, 11) is 0. The van der Waals surface area contributed by atoms with E-state index >= 15 is 0 Å². The molecular weight excluding hydrogens is 492 g/mol. The first-order valence-corrected chi connectivity index (χ1v) is 13.5. The molecule has 0 saturated carbocycles. The second kappa shape index (κ2) is 10.2. The number of fused-ring (bicyclic) bond motifs is 2. The number of imidazole rings is 1. The molecule has 3 aromatic heterocycles. The van der Waals surface area contributed by atoms with Crippen molar-refractivity contribution in [2.45, 2.75) is 26.8 Å². The number of aryl methyl sites for hydroxylation is 2. The van der Waals surface area contributed by atoms with Crippen LogP contribution in [0.3, 0.4) is 0 Å². The first kappa shape index (κ1) is 24.0. The number of hydrogen-bond donors (Lipinski definition) is 1. The van der Waals surface area contributed by atoms with Gasteiger partial charge in [0, 0.05) is 41.5 Å². The van der Waals surface area contributed by atoms with Crippen molar-refractivity contribution in [3.8, 4) is 11.3 Å². The van der Waals surface area contributed by atoms with E-state index in [0.29, 0.717) is 19.5 Å². The first-order chi connectivity index (χ1) is 18.5. The number of benzene rings is 3. The van der Waals surface area contributed by atoms with E-state index in [1.54, 1.807) is 22.5 Å². The molecule has 6 nitrogen and oxygen atoms in total. The third-order valence-corrected chi connectivity index (χ3v) is 7.78. The fourth-order valence-electron chi connectivity index (χ4n) is 4.79. The number of nitrogens with zero attached hydrogens (tertiary/aromatic N) is 3. The van der Waals surface area contributed by atoms with Crippen molar-refractivity contribution in [2.75, 3.05) is 11.9 Å². The van der Waals surface area contributed by atoms with Crippen molar-refractivity contribution >= 4 is 38.8 Å². The van der Waals surface area contributed by atoms with Crippen LogP contribution in [-0.2, 0) is 13.0 Å². The highest BCUT2D eigenvalue weighted by Gasteiger charge is 2.19. The first-order valence-electron chi connectivity index (χ1n) is 12.6. The van der Waals surface area contributed by atoms with E-state index in [1.807, 2.05) is 44.2 Å². The Bertz CT molecular complexity index is 1710. The Hall–Kier alpha value is -4.36. The number of carbonyl (C=O) groups is 1. The number of rotatable bonds is 7. The highest BCUT2D eigenvalue weighted by molar-refractivity contribution is 7.15. The van der Waals surface area contributed by atoms with Gasteiger partial charge in [-0.3, -0.25) is 4.40 Å². The lowest BCUT2D eigenvalue weighted by Crippen LogP contribution is -2.36. The molecule has 0 spiro atoms. The molecule has 7 heteroatoms. The SMILES string of the molecule is Cc1cccc(C)c1NC(=O)N(CCc1csc2nc(-c3ccc4ccccc4c3)cn12)Cc1ccco1. The maximum atomic E-state index is 13.4. The van der Waals surface area contributed by atoms with Gasteiger partial charge >= 0.3 is 6.03 Å². The Kier molecular flexibility index (Phi) is 6.43. The topological polar surface area (TPSA) is 62.8 Å². The number of amides is 2. The van der Waals surface area contributed by atoms with Gasteiger partial charge in [0.25, 0.3) is 0 Å². The van der Waals surface area contributed by atoms with Crippen LogP contribution in [0.25, 0.3) is 27.0 Å². The second-order valence-corrected chi connectivity index (χ2v) is 10.4. The lowest BCUT2D eigenvalue weighted by Gasteiger charge is -2.23. The molecule has 38 heavy (non-hydrogen) atoms. The maximum Gasteiger partial charge on any atom is 0.322 e. The zero-order valence-corrected chi connectivity index (χ0v) is 22.2. The minimum absolute atomic E-state index is 0.146. The van der Waals surface area contributed by atoms with Crippen LogP contribution in [0.15, 0.2) is 95.1 Å². The number of furan rings is 1. The van der Waals surface area contributed by atoms with Gasteiger partial charge in [-0.15, -0.1) is 11.3 Å². The molecular formula is C31H28N4O2S. The highest BCUT2D eigenvalue weighted by Crippen LogP contribution is 2.27. The number of aromatic nitrogens is 2. The number of anilines is 1. The highest BCUT2D eigenvalue weighted by atomic mass is 32.1. The Morgan fingerprint density at radius 3 is 2.61 bits per heavy atom. The summed E-state index contributed by atoms with van der Waals surface area (Å²) in [5.41, 5.74) is 6.09. The molecule has 0 aliphatic rings. The zero-order chi connectivity index (χ0) is 26.1. The van der Waals surface area contributed by atoms with E-state index in [0.717, 1.165) is 44.5 Å². The Morgan fingerprint density at radius 1 is 1.00 bits per heavy atom. The fraction of sp³-hybridized carbons (Fsp3) is 0.161. The van der Waals surface area contributed by atoms with Gasteiger partial charge in [0.05, 0.1) is 18.5 Å². The molecule has 1 N–H and O–H groups in total. The summed E-state index contributed by atoms with van der Waals surface area (Å²) < 4.78 is 7.71. The quantitative estimate of drug-likeness (QED) is 0.235. The standard InChI is InChI=1S/C31H28N4O2S/c1-21-7-5-8-22(2)29(21)33-30(36)34(18-27-11-6-16-37-27)15-14-26-20-38-31-32-28(19-35(26)31)25-13-12-23-9-3-4-10-24(23)17-25/h3-13,16-17,19-20H,14-15,18H2,1-2H3,(H,33,36). The molecule has 0 atom stereocenters. The lowest BCUT2D eigenvalue weighted by atomic mass is 10.1. The average Bonchev–Trinajstić information content (AvgIpc) is 3.67. The Morgan fingerprint density at radius 2 is 1.82 bits per heavy atom. The van der Waals surface area contributed by atoms with Crippen molar-refractivity contribution in [3.63, 3.8) is 0 Å². The van der Waals surface area contributed by atoms with E-state index in [-0.39, 0.29) is 6.03 Å². The van der Waals surface area contributed by atoms with Crippen LogP contribution in [0, 0.1) is 13.8 Å². The fourth-order valence-corrected chi connectivity index (χ4v) is 5.69. The molecule has 6 rings (SSSR count). The van der Waals surface area contributed by atoms with Crippen molar-refractivity contribution < 1.29 is 9.21 Å². The molecule has 6 aromatic rings. The summed E-state index contributed by atoms with van der Waals surface area (Å²) in [6.45, 7) is 4.94. The maximum absolute atomic E-state index is 13.4. The molecule has 0 saturated heterocycles. The number of carbonyl (C=O) groups excluding carboxylic acids is 1. The predicted octanol–water partition coefficient (Wildman–Crippen LogP) is 7.70. The summed E-state index contributed by atoms with van der Waals surface area (Å²) in [5, 5.41) is 7.67. The minimum atomic E-state index is -0.146. The molecule has 190 valence electrons. The van der Waals surface area contributed by atoms with Gasteiger partial charge in [0.2, 0.25) is 0 Å². The summed E-state index contributed by atoms with van der Waals surface area (Å²) in [5.74, 6) is 0.748. The molecule has 0 unspecified atom stereocenters. The minimum Gasteiger partial charge on any atom is -0.467 e. The van der Waals surface area contributed by atoms with Crippen LogP contribution < -0.4 is 5.32 Å². The van der Waals surface area contributed by atoms with E-state index < -0.39 is 0 Å². The van der Waals surface area contributed by atoms with E-state index in [2.05, 4.69) is 63.8 Å². The largest absolute Gasteiger partial charge is 0.467 e. The van der Waals surface area contributed by atoms with Gasteiger partial charge in [-0.25, -0.2) is 9.78 Å². The number of urea groups is 1. The Balaban J connectivity index is 1.23. The van der Waals surface area contributed by atoms with Crippen molar-refractivity contribution in [1.82, 2.24) is 14.3 Å². The molecule has 0 fully saturated rings. The molecule has 2 amide bonds. The van der Waals surface area contributed by atoms with Gasteiger partial charge in [-0.05, 0) is 53.9 Å².